The maximum Gasteiger partial charge on any atom is -0.00178 e. The third kappa shape index (κ3) is 0.873. The predicted molar refractivity (Wildman–Crippen MR) is 35.8 cm³/mol. The monoisotopic (exact) mass is 113 g/mol. The van der Waals surface area contributed by atoms with E-state index < -0.39 is 0 Å². The van der Waals surface area contributed by atoms with E-state index in [2.05, 4.69) is 5.32 Å². The molecule has 2 aliphatic rings. The minimum Gasteiger partial charge on any atom is -0.316 e. The van der Waals surface area contributed by atoms with Crippen LogP contribution in [0.15, 0.2) is 0 Å². The van der Waals surface area contributed by atoms with Crippen molar-refractivity contribution in [2.45, 2.75) is 20.3 Å². The van der Waals surface area contributed by atoms with Gasteiger partial charge in [0.2, 0.25) is 0 Å². The smallest absolute Gasteiger partial charge is 0.00178 e. The number of hydrogen-bond acceptors (Lipinski definition) is 1. The lowest BCUT2D eigenvalue weighted by molar-refractivity contribution is 0.497. The second-order valence-electron chi connectivity index (χ2n) is 2.75. The summed E-state index contributed by atoms with van der Waals surface area (Å²) in [6, 6.07) is 0. The van der Waals surface area contributed by atoms with Crippen LogP contribution < -0.4 is 5.32 Å². The molecule has 1 aliphatic heterocycles. The molecular formula is C7H15N. The number of piperidine rings is 1. The van der Waals surface area contributed by atoms with Gasteiger partial charge < -0.3 is 5.32 Å². The first-order chi connectivity index (χ1) is 3.47. The second kappa shape index (κ2) is 2.06. The van der Waals surface area contributed by atoms with Gasteiger partial charge in [-0.1, -0.05) is 7.43 Å². The first-order valence-electron chi connectivity index (χ1n) is 3.17. The van der Waals surface area contributed by atoms with Gasteiger partial charge in [-0.25, -0.2) is 0 Å². The Balaban J connectivity index is 0.000000320. The van der Waals surface area contributed by atoms with Crippen molar-refractivity contribution in [3.05, 3.63) is 0 Å². The van der Waals surface area contributed by atoms with Gasteiger partial charge >= 0.3 is 0 Å². The molecule has 1 saturated carbocycles. The molecule has 1 N–H and O–H groups in total. The maximum atomic E-state index is 3.38. The summed E-state index contributed by atoms with van der Waals surface area (Å²) in [5.41, 5.74) is 0. The van der Waals surface area contributed by atoms with Gasteiger partial charge in [-0.3, -0.25) is 0 Å². The zero-order chi connectivity index (χ0) is 4.69. The molecule has 0 amide bonds. The molecule has 0 aromatic heterocycles. The average molecular weight is 113 g/mol. The molecule has 1 nitrogen and oxygen atoms in total. The largest absolute Gasteiger partial charge is 0.316 e. The first-order valence-corrected chi connectivity index (χ1v) is 3.17. The van der Waals surface area contributed by atoms with Crippen molar-refractivity contribution in [1.82, 2.24) is 5.32 Å². The molecule has 1 saturated heterocycles. The first kappa shape index (κ1) is 6.09. The zero-order valence-electron chi connectivity index (χ0n) is 4.48. The van der Waals surface area contributed by atoms with Crippen LogP contribution in [-0.2, 0) is 0 Å². The molecule has 0 spiro atoms. The van der Waals surface area contributed by atoms with Crippen LogP contribution in [0.4, 0.5) is 0 Å². The summed E-state index contributed by atoms with van der Waals surface area (Å²) >= 11 is 0. The lowest BCUT2D eigenvalue weighted by atomic mass is 10.2. The van der Waals surface area contributed by atoms with E-state index in [1.54, 1.807) is 0 Å². The molecule has 1 heterocycles. The SMILES string of the molecule is C.C1CC2CC2CN1. The third-order valence-electron chi connectivity index (χ3n) is 2.17. The van der Waals surface area contributed by atoms with Gasteiger partial charge in [-0.15, -0.1) is 0 Å². The molecular weight excluding hydrogens is 98.1 g/mol. The van der Waals surface area contributed by atoms with Crippen molar-refractivity contribution in [2.75, 3.05) is 13.1 Å². The van der Waals surface area contributed by atoms with Crippen LogP contribution in [0.3, 0.4) is 0 Å². The lowest BCUT2D eigenvalue weighted by Crippen LogP contribution is -2.23. The van der Waals surface area contributed by atoms with Crippen molar-refractivity contribution >= 4 is 0 Å². The Kier molecular flexibility index (Phi) is 1.57. The summed E-state index contributed by atoms with van der Waals surface area (Å²) in [6.45, 7) is 2.59. The Hall–Kier alpha value is -0.0400. The molecule has 2 fully saturated rings. The van der Waals surface area contributed by atoms with Crippen LogP contribution in [0.1, 0.15) is 20.3 Å². The van der Waals surface area contributed by atoms with Gasteiger partial charge in [0, 0.05) is 0 Å². The molecule has 0 bridgehead atoms. The fraction of sp³-hybridized carbons (Fsp3) is 1.00. The van der Waals surface area contributed by atoms with Gasteiger partial charge in [0.15, 0.2) is 0 Å². The van der Waals surface area contributed by atoms with E-state index >= 15 is 0 Å². The van der Waals surface area contributed by atoms with Crippen LogP contribution in [-0.4, -0.2) is 13.1 Å². The Labute approximate surface area is 51.5 Å². The fourth-order valence-electron chi connectivity index (χ4n) is 1.49. The second-order valence-corrected chi connectivity index (χ2v) is 2.75. The van der Waals surface area contributed by atoms with Crippen LogP contribution in [0.2, 0.25) is 0 Å². The zero-order valence-corrected chi connectivity index (χ0v) is 4.48. The van der Waals surface area contributed by atoms with E-state index in [1.807, 2.05) is 0 Å². The maximum absolute atomic E-state index is 3.38. The average Bonchev–Trinajstić information content (AvgIpc) is 2.41. The van der Waals surface area contributed by atoms with E-state index in [1.165, 1.54) is 25.9 Å². The van der Waals surface area contributed by atoms with E-state index in [9.17, 15) is 0 Å². The van der Waals surface area contributed by atoms with E-state index in [0.717, 1.165) is 11.8 Å². The minimum atomic E-state index is 0. The van der Waals surface area contributed by atoms with Crippen LogP contribution in [0, 0.1) is 11.8 Å². The van der Waals surface area contributed by atoms with Crippen molar-refractivity contribution in [2.24, 2.45) is 11.8 Å². The molecule has 1 heteroatoms. The van der Waals surface area contributed by atoms with Gasteiger partial charge in [-0.05, 0) is 37.8 Å². The minimum absolute atomic E-state index is 0. The number of fused-ring (bicyclic) bond motifs is 1. The van der Waals surface area contributed by atoms with E-state index in [4.69, 9.17) is 0 Å². The number of rotatable bonds is 0. The summed E-state index contributed by atoms with van der Waals surface area (Å²) in [4.78, 5) is 0. The molecule has 1 aliphatic carbocycles. The van der Waals surface area contributed by atoms with Crippen LogP contribution >= 0.6 is 0 Å². The standard InChI is InChI=1S/C6H11N.CH4/c1-2-7-4-6-3-5(1)6;/h5-7H,1-4H2;1H4. The van der Waals surface area contributed by atoms with Crippen LogP contribution in [0.25, 0.3) is 0 Å². The summed E-state index contributed by atoms with van der Waals surface area (Å²) in [5, 5.41) is 3.38. The highest BCUT2D eigenvalue weighted by molar-refractivity contribution is 4.91. The Bertz CT molecular complexity index is 70.5. The van der Waals surface area contributed by atoms with Gasteiger partial charge in [0.05, 0.1) is 0 Å². The number of hydrogen-bond donors (Lipinski definition) is 1. The summed E-state index contributed by atoms with van der Waals surface area (Å²) in [5.74, 6) is 2.23. The van der Waals surface area contributed by atoms with Crippen LogP contribution in [0.5, 0.6) is 0 Å². The summed E-state index contributed by atoms with van der Waals surface area (Å²) in [6.07, 6.45) is 2.97. The van der Waals surface area contributed by atoms with E-state index in [0.29, 0.717) is 0 Å². The third-order valence-corrected chi connectivity index (χ3v) is 2.17. The molecule has 48 valence electrons. The molecule has 0 radical (unpaired) electrons. The number of nitrogens with one attached hydrogen (secondary N) is 1. The van der Waals surface area contributed by atoms with E-state index in [-0.39, 0.29) is 7.43 Å². The highest BCUT2D eigenvalue weighted by Crippen LogP contribution is 2.42. The van der Waals surface area contributed by atoms with Crippen molar-refractivity contribution in [1.29, 1.82) is 0 Å². The highest BCUT2D eigenvalue weighted by Gasteiger charge is 2.38. The molecule has 2 rings (SSSR count). The lowest BCUT2D eigenvalue weighted by Gasteiger charge is -2.08. The van der Waals surface area contributed by atoms with Gasteiger partial charge in [0.1, 0.15) is 0 Å². The Morgan fingerprint density at radius 3 is 2.62 bits per heavy atom. The summed E-state index contributed by atoms with van der Waals surface area (Å²) < 4.78 is 0. The van der Waals surface area contributed by atoms with Gasteiger partial charge in [0.25, 0.3) is 0 Å². The topological polar surface area (TPSA) is 12.0 Å². The quantitative estimate of drug-likeness (QED) is 0.498. The van der Waals surface area contributed by atoms with Crippen molar-refractivity contribution in [3.8, 4) is 0 Å². The Morgan fingerprint density at radius 2 is 2.12 bits per heavy atom. The predicted octanol–water partition coefficient (Wildman–Crippen LogP) is 1.25. The fourth-order valence-corrected chi connectivity index (χ4v) is 1.49. The Morgan fingerprint density at radius 1 is 1.25 bits per heavy atom. The van der Waals surface area contributed by atoms with Crippen molar-refractivity contribution < 1.29 is 0 Å². The van der Waals surface area contributed by atoms with Gasteiger partial charge in [-0.2, -0.15) is 0 Å². The summed E-state index contributed by atoms with van der Waals surface area (Å²) in [7, 11) is 0. The molecule has 2 unspecified atom stereocenters. The molecule has 0 aromatic carbocycles. The van der Waals surface area contributed by atoms with Crippen molar-refractivity contribution in [3.63, 3.8) is 0 Å². The molecule has 8 heavy (non-hydrogen) atoms. The normalized spacial score (nSPS) is 42.0. The highest BCUT2D eigenvalue weighted by atomic mass is 14.9. The molecule has 2 atom stereocenters. The molecule has 0 aromatic rings.